The van der Waals surface area contributed by atoms with Gasteiger partial charge in [-0.25, -0.2) is 0 Å². The SMILES string of the molecule is CCC(C)(C)C(=O)OC.CCC(C)(C)C(=O)OCC[N+](C)(C)C.CCOC(=O)C(C)(C)CC.Cc1cc(C)c(C)cc1C.[Cl-]. The first-order valence-electron chi connectivity index (χ1n) is 15.7. The van der Waals surface area contributed by atoms with Gasteiger partial charge >= 0.3 is 17.9 Å². The van der Waals surface area contributed by atoms with E-state index in [1.54, 1.807) is 0 Å². The van der Waals surface area contributed by atoms with Crippen molar-refractivity contribution < 1.29 is 45.5 Å². The Morgan fingerprint density at radius 3 is 1.14 bits per heavy atom. The molecule has 0 bridgehead atoms. The summed E-state index contributed by atoms with van der Waals surface area (Å²) in [6.45, 7) is 29.6. The Morgan fingerprint density at radius 1 is 0.614 bits per heavy atom. The largest absolute Gasteiger partial charge is 1.00 e. The van der Waals surface area contributed by atoms with Crippen molar-refractivity contribution in [3.63, 3.8) is 0 Å². The fourth-order valence-corrected chi connectivity index (χ4v) is 2.75. The zero-order chi connectivity index (χ0) is 34.8. The molecule has 1 aromatic rings. The smallest absolute Gasteiger partial charge is 0.311 e. The highest BCUT2D eigenvalue weighted by molar-refractivity contribution is 5.76. The van der Waals surface area contributed by atoms with E-state index < -0.39 is 0 Å². The molecule has 0 aliphatic carbocycles. The van der Waals surface area contributed by atoms with E-state index in [1.165, 1.54) is 29.4 Å². The van der Waals surface area contributed by atoms with Crippen LogP contribution in [0.3, 0.4) is 0 Å². The van der Waals surface area contributed by atoms with Crippen LogP contribution in [0.2, 0.25) is 0 Å². The zero-order valence-electron chi connectivity index (χ0n) is 31.7. The van der Waals surface area contributed by atoms with Crippen molar-refractivity contribution in [1.82, 2.24) is 0 Å². The maximum atomic E-state index is 11.6. The molecule has 260 valence electrons. The van der Waals surface area contributed by atoms with Crippen LogP contribution in [-0.4, -0.2) is 70.4 Å². The lowest BCUT2D eigenvalue weighted by molar-refractivity contribution is -0.870. The van der Waals surface area contributed by atoms with Crippen LogP contribution in [0, 0.1) is 43.9 Å². The van der Waals surface area contributed by atoms with Crippen molar-refractivity contribution in [1.29, 1.82) is 0 Å². The summed E-state index contributed by atoms with van der Waals surface area (Å²) in [7, 11) is 7.66. The van der Waals surface area contributed by atoms with E-state index >= 15 is 0 Å². The molecule has 0 aliphatic heterocycles. The molecule has 0 heterocycles. The number of quaternary nitrogens is 1. The lowest BCUT2D eigenvalue weighted by Gasteiger charge is -2.25. The summed E-state index contributed by atoms with van der Waals surface area (Å²) < 4.78 is 15.5. The number of nitrogens with zero attached hydrogens (tertiary/aromatic N) is 1. The third kappa shape index (κ3) is 21.6. The third-order valence-corrected chi connectivity index (χ3v) is 7.88. The van der Waals surface area contributed by atoms with E-state index in [1.807, 2.05) is 69.2 Å². The van der Waals surface area contributed by atoms with Gasteiger partial charge in [0.2, 0.25) is 0 Å². The highest BCUT2D eigenvalue weighted by Crippen LogP contribution is 2.22. The summed E-state index contributed by atoms with van der Waals surface area (Å²) in [6.07, 6.45) is 2.46. The van der Waals surface area contributed by atoms with E-state index in [-0.39, 0.29) is 46.6 Å². The monoisotopic (exact) mass is 645 g/mol. The number of hydrogen-bond acceptors (Lipinski definition) is 6. The molecule has 0 aliphatic rings. The highest BCUT2D eigenvalue weighted by atomic mass is 35.5. The molecule has 0 amide bonds. The van der Waals surface area contributed by atoms with Gasteiger partial charge in [-0.05, 0) is 118 Å². The Kier molecular flexibility index (Phi) is 24.8. The maximum absolute atomic E-state index is 11.6. The number of rotatable bonds is 10. The second kappa shape index (κ2) is 22.4. The lowest BCUT2D eigenvalue weighted by atomic mass is 9.91. The summed E-state index contributed by atoms with van der Waals surface area (Å²) in [4.78, 5) is 33.5. The molecular formula is C36H68ClNO6. The van der Waals surface area contributed by atoms with Gasteiger partial charge in [0.15, 0.2) is 0 Å². The van der Waals surface area contributed by atoms with Crippen LogP contribution >= 0.6 is 0 Å². The average Bonchev–Trinajstić information content (AvgIpc) is 2.91. The molecule has 0 saturated heterocycles. The van der Waals surface area contributed by atoms with Crippen molar-refractivity contribution >= 4 is 17.9 Å². The number of benzene rings is 1. The van der Waals surface area contributed by atoms with Gasteiger partial charge in [-0.15, -0.1) is 0 Å². The maximum Gasteiger partial charge on any atom is 0.311 e. The Labute approximate surface area is 277 Å². The second-order valence-electron chi connectivity index (χ2n) is 14.1. The van der Waals surface area contributed by atoms with Crippen LogP contribution in [-0.2, 0) is 28.6 Å². The van der Waals surface area contributed by atoms with E-state index in [2.05, 4.69) is 65.7 Å². The van der Waals surface area contributed by atoms with Crippen LogP contribution in [0.15, 0.2) is 12.1 Å². The number of ether oxygens (including phenoxy) is 3. The molecule has 0 radical (unpaired) electrons. The van der Waals surface area contributed by atoms with Crippen LogP contribution in [0.5, 0.6) is 0 Å². The standard InChI is InChI=1S/C11H24NO2.C10H14.C8H16O2.C7H14O2.ClH/c1-7-11(2,3)10(13)14-9-8-12(4,5)6;1-7-5-9(3)10(4)6-8(7)2;1-5-8(3,4)7(9)10-6-2;1-5-7(2,3)6(8)9-4;/h7-9H2,1-6H3;5-6H,1-4H3;5-6H2,1-4H3;5H2,1-4H3;1H/q+1;;;;/p-1. The molecule has 0 fully saturated rings. The predicted octanol–water partition coefficient (Wildman–Crippen LogP) is 5.18. The number of esters is 3. The topological polar surface area (TPSA) is 78.9 Å². The predicted molar refractivity (Wildman–Crippen MR) is 180 cm³/mol. The Balaban J connectivity index is -0.000000244. The van der Waals surface area contributed by atoms with Crippen molar-refractivity contribution in [3.8, 4) is 0 Å². The quantitative estimate of drug-likeness (QED) is 0.198. The van der Waals surface area contributed by atoms with E-state index in [9.17, 15) is 14.4 Å². The summed E-state index contributed by atoms with van der Waals surface area (Å²) in [5.41, 5.74) is 4.60. The van der Waals surface area contributed by atoms with Crippen molar-refractivity contribution in [2.24, 2.45) is 16.2 Å². The highest BCUT2D eigenvalue weighted by Gasteiger charge is 2.28. The van der Waals surface area contributed by atoms with Crippen LogP contribution in [0.1, 0.15) is 111 Å². The molecule has 8 heteroatoms. The fraction of sp³-hybridized carbons (Fsp3) is 0.750. The van der Waals surface area contributed by atoms with E-state index in [4.69, 9.17) is 9.47 Å². The third-order valence-electron chi connectivity index (χ3n) is 7.88. The number of carbonyl (C=O) groups excluding carboxylic acids is 3. The van der Waals surface area contributed by atoms with Gasteiger partial charge < -0.3 is 31.1 Å². The van der Waals surface area contributed by atoms with Crippen LogP contribution in [0.4, 0.5) is 0 Å². The molecule has 0 saturated carbocycles. The van der Waals surface area contributed by atoms with Crippen molar-refractivity contribution in [2.45, 2.75) is 116 Å². The van der Waals surface area contributed by atoms with Gasteiger partial charge in [-0.1, -0.05) is 32.9 Å². The Hall–Kier alpha value is -2.12. The Bertz CT molecular complexity index is 927. The van der Waals surface area contributed by atoms with Gasteiger partial charge in [0, 0.05) is 0 Å². The summed E-state index contributed by atoms with van der Waals surface area (Å²) in [5.74, 6) is -0.323. The lowest BCUT2D eigenvalue weighted by Crippen LogP contribution is -3.00. The minimum atomic E-state index is -0.342. The second-order valence-corrected chi connectivity index (χ2v) is 14.1. The normalized spacial score (nSPS) is 11.1. The van der Waals surface area contributed by atoms with Crippen molar-refractivity contribution in [3.05, 3.63) is 34.4 Å². The zero-order valence-corrected chi connectivity index (χ0v) is 32.4. The molecule has 1 aromatic carbocycles. The molecule has 0 N–H and O–H groups in total. The van der Waals surface area contributed by atoms with Gasteiger partial charge in [0.25, 0.3) is 0 Å². The minimum Gasteiger partial charge on any atom is -1.00 e. The van der Waals surface area contributed by atoms with Gasteiger partial charge in [0.05, 0.1) is 51.1 Å². The van der Waals surface area contributed by atoms with Crippen molar-refractivity contribution in [2.75, 3.05) is 48.0 Å². The number of hydrogen-bond donors (Lipinski definition) is 0. The molecule has 1 rings (SSSR count). The van der Waals surface area contributed by atoms with E-state index in [0.717, 1.165) is 30.3 Å². The Morgan fingerprint density at radius 2 is 0.909 bits per heavy atom. The van der Waals surface area contributed by atoms with Gasteiger partial charge in [0.1, 0.15) is 13.2 Å². The first-order valence-corrected chi connectivity index (χ1v) is 15.7. The molecule has 44 heavy (non-hydrogen) atoms. The summed E-state index contributed by atoms with van der Waals surface area (Å²) in [6, 6.07) is 4.48. The number of methoxy groups -OCH3 is 1. The number of likely N-dealkylation sites (N-methyl/N-ethyl adjacent to an activating group) is 1. The number of carbonyl (C=O) groups is 3. The first kappa shape index (κ1) is 48.8. The molecule has 0 aromatic heterocycles. The van der Waals surface area contributed by atoms with E-state index in [0.29, 0.717) is 13.2 Å². The van der Waals surface area contributed by atoms with Gasteiger partial charge in [-0.2, -0.15) is 0 Å². The molecular weight excluding hydrogens is 578 g/mol. The average molecular weight is 646 g/mol. The van der Waals surface area contributed by atoms with Crippen LogP contribution < -0.4 is 12.4 Å². The molecule has 0 spiro atoms. The number of aryl methyl sites for hydroxylation is 4. The minimum absolute atomic E-state index is 0. The molecule has 7 nitrogen and oxygen atoms in total. The molecule has 0 atom stereocenters. The summed E-state index contributed by atoms with van der Waals surface area (Å²) >= 11 is 0. The fourth-order valence-electron chi connectivity index (χ4n) is 2.75. The number of halogens is 1. The van der Waals surface area contributed by atoms with Gasteiger partial charge in [-0.3, -0.25) is 14.4 Å². The molecule has 0 unspecified atom stereocenters. The first-order chi connectivity index (χ1) is 19.4. The summed E-state index contributed by atoms with van der Waals surface area (Å²) in [5, 5.41) is 0. The van der Waals surface area contributed by atoms with Crippen LogP contribution in [0.25, 0.3) is 0 Å².